The summed E-state index contributed by atoms with van der Waals surface area (Å²) in [6, 6.07) is 14.2. The summed E-state index contributed by atoms with van der Waals surface area (Å²) < 4.78 is 14.7. The number of halogens is 1. The molecule has 32 heavy (non-hydrogen) atoms. The quantitative estimate of drug-likeness (QED) is 0.644. The van der Waals surface area contributed by atoms with Gasteiger partial charge in [-0.2, -0.15) is 0 Å². The van der Waals surface area contributed by atoms with Crippen molar-refractivity contribution >= 4 is 17.5 Å². The van der Waals surface area contributed by atoms with Crippen LogP contribution >= 0.6 is 0 Å². The summed E-state index contributed by atoms with van der Waals surface area (Å²) in [5.41, 5.74) is 1.70. The summed E-state index contributed by atoms with van der Waals surface area (Å²) in [6.45, 7) is 0.306. The number of para-hydroxylation sites is 1. The standard InChI is InChI=1S/C24H22FN3O4/c25-17-6-8-19(9-7-17)28-15-16-14-27(21(30)11-13-29)12-10-20(16)22(24(28)32)23(31)26-18-4-2-1-3-5-18/h1-9,15,29H,10-14H2,(H,26,31). The van der Waals surface area contributed by atoms with Crippen LogP contribution in [-0.2, 0) is 17.8 Å². The van der Waals surface area contributed by atoms with Gasteiger partial charge in [0, 0.05) is 37.1 Å². The molecular weight excluding hydrogens is 413 g/mol. The number of rotatable bonds is 5. The van der Waals surface area contributed by atoms with Crippen molar-refractivity contribution in [1.82, 2.24) is 9.47 Å². The number of fused-ring (bicyclic) bond motifs is 1. The van der Waals surface area contributed by atoms with Crippen molar-refractivity contribution in [3.63, 3.8) is 0 Å². The van der Waals surface area contributed by atoms with Crippen molar-refractivity contribution in [2.75, 3.05) is 18.5 Å². The Morgan fingerprint density at radius 3 is 2.47 bits per heavy atom. The van der Waals surface area contributed by atoms with E-state index in [1.807, 2.05) is 6.07 Å². The number of pyridine rings is 1. The molecule has 0 atom stereocenters. The maximum absolute atomic E-state index is 13.4. The molecule has 1 aromatic heterocycles. The van der Waals surface area contributed by atoms with Gasteiger partial charge in [0.15, 0.2) is 0 Å². The van der Waals surface area contributed by atoms with E-state index in [1.165, 1.54) is 28.8 Å². The molecule has 3 aromatic rings. The van der Waals surface area contributed by atoms with Crippen molar-refractivity contribution in [3.8, 4) is 5.69 Å². The first kappa shape index (κ1) is 21.5. The SMILES string of the molecule is O=C(Nc1ccccc1)c1c2c(cn(-c3ccc(F)cc3)c1=O)CN(C(=O)CCO)CC2. The largest absolute Gasteiger partial charge is 0.396 e. The Kier molecular flexibility index (Phi) is 6.13. The number of carbonyl (C=O) groups is 2. The molecule has 0 bridgehead atoms. The topological polar surface area (TPSA) is 91.6 Å². The molecule has 0 saturated carbocycles. The number of benzene rings is 2. The molecule has 0 aliphatic carbocycles. The number of hydrogen-bond acceptors (Lipinski definition) is 4. The monoisotopic (exact) mass is 435 g/mol. The maximum atomic E-state index is 13.4. The van der Waals surface area contributed by atoms with Crippen molar-refractivity contribution in [1.29, 1.82) is 0 Å². The van der Waals surface area contributed by atoms with Crippen LogP contribution in [0.4, 0.5) is 10.1 Å². The van der Waals surface area contributed by atoms with Crippen LogP contribution in [0.5, 0.6) is 0 Å². The Morgan fingerprint density at radius 1 is 1.06 bits per heavy atom. The molecule has 2 aromatic carbocycles. The Balaban J connectivity index is 1.81. The summed E-state index contributed by atoms with van der Waals surface area (Å²) in [7, 11) is 0. The highest BCUT2D eigenvalue weighted by Gasteiger charge is 2.28. The summed E-state index contributed by atoms with van der Waals surface area (Å²) >= 11 is 0. The first-order valence-electron chi connectivity index (χ1n) is 10.3. The lowest BCUT2D eigenvalue weighted by Gasteiger charge is -2.30. The van der Waals surface area contributed by atoms with Crippen molar-refractivity contribution < 1.29 is 19.1 Å². The van der Waals surface area contributed by atoms with Gasteiger partial charge in [0.2, 0.25) is 5.91 Å². The maximum Gasteiger partial charge on any atom is 0.268 e. The fraction of sp³-hybridized carbons (Fsp3) is 0.208. The van der Waals surface area contributed by atoms with Gasteiger partial charge in [0.05, 0.1) is 6.61 Å². The highest BCUT2D eigenvalue weighted by molar-refractivity contribution is 6.05. The predicted octanol–water partition coefficient (Wildman–Crippen LogP) is 2.50. The summed E-state index contributed by atoms with van der Waals surface area (Å²) in [4.78, 5) is 40.4. The normalized spacial score (nSPS) is 12.9. The molecule has 0 saturated heterocycles. The molecule has 2 amide bonds. The van der Waals surface area contributed by atoms with Crippen LogP contribution in [0.15, 0.2) is 65.6 Å². The van der Waals surface area contributed by atoms with Gasteiger partial charge in [0.25, 0.3) is 11.5 Å². The lowest BCUT2D eigenvalue weighted by Crippen LogP contribution is -2.40. The van der Waals surface area contributed by atoms with Crippen LogP contribution in [0.1, 0.15) is 27.9 Å². The second-order valence-corrected chi connectivity index (χ2v) is 7.52. The van der Waals surface area contributed by atoms with Gasteiger partial charge >= 0.3 is 0 Å². The second-order valence-electron chi connectivity index (χ2n) is 7.52. The molecule has 0 spiro atoms. The lowest BCUT2D eigenvalue weighted by molar-refractivity contribution is -0.132. The van der Waals surface area contributed by atoms with Crippen LogP contribution < -0.4 is 10.9 Å². The number of nitrogens with one attached hydrogen (secondary N) is 1. The number of aromatic nitrogens is 1. The van der Waals surface area contributed by atoms with E-state index in [4.69, 9.17) is 5.11 Å². The predicted molar refractivity (Wildman–Crippen MR) is 117 cm³/mol. The Hall–Kier alpha value is -3.78. The number of hydrogen-bond donors (Lipinski definition) is 2. The van der Waals surface area contributed by atoms with Crippen molar-refractivity contribution in [3.05, 3.63) is 93.7 Å². The number of aliphatic hydroxyl groups excluding tert-OH is 1. The van der Waals surface area contributed by atoms with Crippen LogP contribution in [0.2, 0.25) is 0 Å². The average Bonchev–Trinajstić information content (AvgIpc) is 2.79. The number of anilines is 1. The van der Waals surface area contributed by atoms with Crippen molar-refractivity contribution in [2.45, 2.75) is 19.4 Å². The van der Waals surface area contributed by atoms with Crippen molar-refractivity contribution in [2.24, 2.45) is 0 Å². The fourth-order valence-corrected chi connectivity index (χ4v) is 3.87. The first-order chi connectivity index (χ1) is 15.5. The molecule has 0 radical (unpaired) electrons. The fourth-order valence-electron chi connectivity index (χ4n) is 3.87. The van der Waals surface area contributed by atoms with Crippen LogP contribution in [0.3, 0.4) is 0 Å². The molecule has 1 aliphatic rings. The molecule has 4 rings (SSSR count). The third-order valence-electron chi connectivity index (χ3n) is 5.44. The molecule has 0 unspecified atom stereocenters. The molecule has 7 nitrogen and oxygen atoms in total. The van der Waals surface area contributed by atoms with E-state index >= 15 is 0 Å². The van der Waals surface area contributed by atoms with E-state index in [0.717, 1.165) is 0 Å². The molecule has 0 fully saturated rings. The van der Waals surface area contributed by atoms with Crippen LogP contribution in [-0.4, -0.2) is 39.5 Å². The molecular formula is C24H22FN3O4. The van der Waals surface area contributed by atoms with Gasteiger partial charge < -0.3 is 15.3 Å². The third-order valence-corrected chi connectivity index (χ3v) is 5.44. The van der Waals surface area contributed by atoms with E-state index in [0.29, 0.717) is 35.5 Å². The van der Waals surface area contributed by atoms with E-state index in [2.05, 4.69) is 5.32 Å². The van der Waals surface area contributed by atoms with Crippen LogP contribution in [0, 0.1) is 5.82 Å². The summed E-state index contributed by atoms with van der Waals surface area (Å²) in [5, 5.41) is 11.9. The van der Waals surface area contributed by atoms with Gasteiger partial charge in [0.1, 0.15) is 11.4 Å². The lowest BCUT2D eigenvalue weighted by atomic mass is 9.95. The van der Waals surface area contributed by atoms with Gasteiger partial charge in [-0.3, -0.25) is 19.0 Å². The van der Waals surface area contributed by atoms with Gasteiger partial charge in [-0.15, -0.1) is 0 Å². The summed E-state index contributed by atoms with van der Waals surface area (Å²) in [5.74, 6) is -1.18. The van der Waals surface area contributed by atoms with E-state index < -0.39 is 17.3 Å². The number of carbonyl (C=O) groups excluding carboxylic acids is 2. The van der Waals surface area contributed by atoms with Gasteiger partial charge in [-0.05, 0) is 53.9 Å². The van der Waals surface area contributed by atoms with E-state index in [-0.39, 0.29) is 31.0 Å². The highest BCUT2D eigenvalue weighted by Crippen LogP contribution is 2.23. The van der Waals surface area contributed by atoms with Crippen LogP contribution in [0.25, 0.3) is 5.69 Å². The highest BCUT2D eigenvalue weighted by atomic mass is 19.1. The molecule has 2 N–H and O–H groups in total. The zero-order valence-corrected chi connectivity index (χ0v) is 17.3. The van der Waals surface area contributed by atoms with E-state index in [1.54, 1.807) is 35.4 Å². The second kappa shape index (κ2) is 9.15. The zero-order valence-electron chi connectivity index (χ0n) is 17.3. The number of aliphatic hydroxyl groups is 1. The third kappa shape index (κ3) is 4.31. The zero-order chi connectivity index (χ0) is 22.7. The first-order valence-corrected chi connectivity index (χ1v) is 10.3. The average molecular weight is 435 g/mol. The Labute approximate surface area is 183 Å². The molecule has 8 heteroatoms. The Morgan fingerprint density at radius 2 is 1.78 bits per heavy atom. The smallest absolute Gasteiger partial charge is 0.268 e. The Bertz CT molecular complexity index is 1210. The minimum Gasteiger partial charge on any atom is -0.396 e. The van der Waals surface area contributed by atoms with E-state index in [9.17, 15) is 18.8 Å². The minimum absolute atomic E-state index is 0.00457. The van der Waals surface area contributed by atoms with Gasteiger partial charge in [-0.25, -0.2) is 4.39 Å². The molecule has 2 heterocycles. The molecule has 1 aliphatic heterocycles. The summed E-state index contributed by atoms with van der Waals surface area (Å²) in [6.07, 6.45) is 1.94. The molecule has 164 valence electrons. The van der Waals surface area contributed by atoms with Gasteiger partial charge in [-0.1, -0.05) is 18.2 Å². The minimum atomic E-state index is -0.538. The number of nitrogens with zero attached hydrogens (tertiary/aromatic N) is 2. The number of amides is 2.